The maximum absolute atomic E-state index is 12.1. The van der Waals surface area contributed by atoms with Crippen LogP contribution in [0.3, 0.4) is 0 Å². The van der Waals surface area contributed by atoms with Crippen LogP contribution >= 0.6 is 0 Å². The van der Waals surface area contributed by atoms with Gasteiger partial charge in [-0.3, -0.25) is 0 Å². The van der Waals surface area contributed by atoms with Crippen molar-refractivity contribution in [1.29, 1.82) is 0 Å². The molecule has 0 amide bonds. The molecule has 144 valence electrons. The van der Waals surface area contributed by atoms with Gasteiger partial charge in [0.25, 0.3) is 0 Å². The molecular formula is C20H30O5Si. The maximum atomic E-state index is 12.1. The van der Waals surface area contributed by atoms with Gasteiger partial charge in [0.2, 0.25) is 0 Å². The van der Waals surface area contributed by atoms with E-state index in [0.717, 1.165) is 5.56 Å². The Bertz CT molecular complexity index is 566. The summed E-state index contributed by atoms with van der Waals surface area (Å²) in [6, 6.07) is 9.98. The Hall–Kier alpha value is -1.73. The molecule has 0 aromatic heterocycles. The molecule has 0 unspecified atom stereocenters. The Labute approximate surface area is 158 Å². The van der Waals surface area contributed by atoms with Gasteiger partial charge in [0.1, 0.15) is 0 Å². The van der Waals surface area contributed by atoms with Crippen LogP contribution in [0.25, 0.3) is 0 Å². The fourth-order valence-corrected chi connectivity index (χ4v) is 4.59. The summed E-state index contributed by atoms with van der Waals surface area (Å²) in [6.07, 6.45) is 4.88. The van der Waals surface area contributed by atoms with Crippen molar-refractivity contribution in [3.05, 3.63) is 59.3 Å². The first-order valence-corrected chi connectivity index (χ1v) is 10.8. The van der Waals surface area contributed by atoms with Crippen LogP contribution in [-0.4, -0.2) is 41.7 Å². The van der Waals surface area contributed by atoms with Crippen LogP contribution in [0.15, 0.2) is 53.8 Å². The standard InChI is InChI=1S/C20H30O5Si/c1-5-23-26(24-6-2,25-7-3)17-11-14-19(20(21)22-4)16-15-18-12-9-8-10-13-18/h8-13,16-17H,5-7,14-15H2,1-4H3/b17-11+,19-16+. The van der Waals surface area contributed by atoms with Crippen molar-refractivity contribution in [2.24, 2.45) is 0 Å². The highest BCUT2D eigenvalue weighted by Gasteiger charge is 2.37. The zero-order valence-corrected chi connectivity index (χ0v) is 17.2. The van der Waals surface area contributed by atoms with E-state index in [1.165, 1.54) is 7.11 Å². The van der Waals surface area contributed by atoms with Gasteiger partial charge in [-0.15, -0.1) is 0 Å². The quantitative estimate of drug-likeness (QED) is 0.314. The van der Waals surface area contributed by atoms with Gasteiger partial charge in [0.05, 0.1) is 7.11 Å². The highest BCUT2D eigenvalue weighted by molar-refractivity contribution is 6.66. The van der Waals surface area contributed by atoms with E-state index in [-0.39, 0.29) is 5.97 Å². The molecule has 0 radical (unpaired) electrons. The maximum Gasteiger partial charge on any atom is 0.529 e. The van der Waals surface area contributed by atoms with Crippen molar-refractivity contribution in [2.75, 3.05) is 26.9 Å². The molecule has 0 atom stereocenters. The van der Waals surface area contributed by atoms with Crippen LogP contribution in [0.4, 0.5) is 0 Å². The van der Waals surface area contributed by atoms with Crippen molar-refractivity contribution in [3.63, 3.8) is 0 Å². The molecule has 0 spiro atoms. The summed E-state index contributed by atoms with van der Waals surface area (Å²) in [5, 5.41) is 0. The number of methoxy groups -OCH3 is 1. The highest BCUT2D eigenvalue weighted by Crippen LogP contribution is 2.15. The Morgan fingerprint density at radius 1 is 1.00 bits per heavy atom. The lowest BCUT2D eigenvalue weighted by Crippen LogP contribution is -2.44. The van der Waals surface area contributed by atoms with Gasteiger partial charge in [0.15, 0.2) is 0 Å². The third kappa shape index (κ3) is 7.66. The molecule has 1 aromatic rings. The van der Waals surface area contributed by atoms with Gasteiger partial charge >= 0.3 is 14.8 Å². The summed E-state index contributed by atoms with van der Waals surface area (Å²) >= 11 is 0. The Balaban J connectivity index is 2.88. The molecule has 0 heterocycles. The van der Waals surface area contributed by atoms with E-state index in [4.69, 9.17) is 18.0 Å². The summed E-state index contributed by atoms with van der Waals surface area (Å²) < 4.78 is 22.2. The second-order valence-corrected chi connectivity index (χ2v) is 7.83. The van der Waals surface area contributed by atoms with Crippen molar-refractivity contribution in [1.82, 2.24) is 0 Å². The molecule has 5 nitrogen and oxygen atoms in total. The largest absolute Gasteiger partial charge is 0.529 e. The Morgan fingerprint density at radius 2 is 1.58 bits per heavy atom. The fourth-order valence-electron chi connectivity index (χ4n) is 2.44. The van der Waals surface area contributed by atoms with E-state index >= 15 is 0 Å². The van der Waals surface area contributed by atoms with Crippen LogP contribution in [-0.2, 0) is 29.2 Å². The summed E-state index contributed by atoms with van der Waals surface area (Å²) in [7, 11) is -1.46. The van der Waals surface area contributed by atoms with Gasteiger partial charge in [0, 0.05) is 25.4 Å². The van der Waals surface area contributed by atoms with Crippen LogP contribution in [0.2, 0.25) is 0 Å². The lowest BCUT2D eigenvalue weighted by Gasteiger charge is -2.25. The van der Waals surface area contributed by atoms with Gasteiger partial charge in [-0.05, 0) is 44.9 Å². The Morgan fingerprint density at radius 3 is 2.08 bits per heavy atom. The minimum absolute atomic E-state index is 0.331. The number of carbonyl (C=O) groups is 1. The van der Waals surface area contributed by atoms with Gasteiger partial charge in [-0.1, -0.05) is 42.5 Å². The zero-order chi connectivity index (χ0) is 19.3. The molecule has 0 aliphatic carbocycles. The van der Waals surface area contributed by atoms with E-state index < -0.39 is 8.80 Å². The molecule has 1 aromatic carbocycles. The average molecular weight is 379 g/mol. The van der Waals surface area contributed by atoms with Crippen molar-refractivity contribution in [2.45, 2.75) is 33.6 Å². The predicted molar refractivity (Wildman–Crippen MR) is 105 cm³/mol. The van der Waals surface area contributed by atoms with E-state index in [1.807, 2.05) is 69.0 Å². The van der Waals surface area contributed by atoms with Crippen molar-refractivity contribution >= 4 is 14.8 Å². The normalized spacial score (nSPS) is 12.5. The van der Waals surface area contributed by atoms with Crippen molar-refractivity contribution in [3.8, 4) is 0 Å². The summed E-state index contributed by atoms with van der Waals surface area (Å²) in [6.45, 7) is 7.24. The van der Waals surface area contributed by atoms with Crippen LogP contribution in [0.1, 0.15) is 32.8 Å². The number of allylic oxidation sites excluding steroid dienone is 2. The number of rotatable bonds is 12. The lowest BCUT2D eigenvalue weighted by atomic mass is 10.1. The molecule has 0 saturated heterocycles. The fraction of sp³-hybridized carbons (Fsp3) is 0.450. The third-order valence-electron chi connectivity index (χ3n) is 3.57. The predicted octanol–water partition coefficient (Wildman–Crippen LogP) is 3.86. The third-order valence-corrected chi connectivity index (χ3v) is 6.29. The summed E-state index contributed by atoms with van der Waals surface area (Å²) in [5.41, 5.74) is 3.59. The minimum atomic E-state index is -2.85. The average Bonchev–Trinajstić information content (AvgIpc) is 2.65. The first-order valence-electron chi connectivity index (χ1n) is 9.01. The number of carbonyl (C=O) groups excluding carboxylic acids is 1. The molecule has 0 N–H and O–H groups in total. The number of hydrogen-bond donors (Lipinski definition) is 0. The van der Waals surface area contributed by atoms with E-state index in [1.54, 1.807) is 0 Å². The molecule has 0 aliphatic heterocycles. The van der Waals surface area contributed by atoms with E-state index in [0.29, 0.717) is 38.2 Å². The first kappa shape index (κ1) is 22.3. The SMILES string of the molecule is CCO[Si](/C=C/C/C(=C\Cc1ccccc1)C(=O)OC)(OCC)OCC. The number of hydrogen-bond acceptors (Lipinski definition) is 5. The number of benzene rings is 1. The number of ether oxygens (including phenoxy) is 1. The molecule has 0 aliphatic rings. The van der Waals surface area contributed by atoms with Crippen LogP contribution in [0.5, 0.6) is 0 Å². The zero-order valence-electron chi connectivity index (χ0n) is 16.2. The molecular weight excluding hydrogens is 348 g/mol. The topological polar surface area (TPSA) is 54.0 Å². The lowest BCUT2D eigenvalue weighted by molar-refractivity contribution is -0.136. The van der Waals surface area contributed by atoms with E-state index in [9.17, 15) is 4.79 Å². The van der Waals surface area contributed by atoms with Crippen molar-refractivity contribution < 1.29 is 22.8 Å². The Kier molecular flexibility index (Phi) is 10.8. The van der Waals surface area contributed by atoms with Crippen LogP contribution < -0.4 is 0 Å². The summed E-state index contributed by atoms with van der Waals surface area (Å²) in [5.74, 6) is -0.331. The smallest absolute Gasteiger partial charge is 0.466 e. The van der Waals surface area contributed by atoms with E-state index in [2.05, 4.69) is 0 Å². The molecule has 0 bridgehead atoms. The second-order valence-electron chi connectivity index (χ2n) is 5.42. The van der Waals surface area contributed by atoms with Crippen LogP contribution in [0, 0.1) is 0 Å². The first-order chi connectivity index (χ1) is 12.6. The molecule has 0 fully saturated rings. The molecule has 0 saturated carbocycles. The molecule has 1 rings (SSSR count). The molecule has 26 heavy (non-hydrogen) atoms. The molecule has 6 heteroatoms. The highest BCUT2D eigenvalue weighted by atomic mass is 28.4. The van der Waals surface area contributed by atoms with Gasteiger partial charge in [-0.2, -0.15) is 0 Å². The summed E-state index contributed by atoms with van der Waals surface area (Å²) in [4.78, 5) is 12.1. The second kappa shape index (κ2) is 12.6. The van der Waals surface area contributed by atoms with Gasteiger partial charge < -0.3 is 18.0 Å². The number of esters is 1. The monoisotopic (exact) mass is 378 g/mol. The van der Waals surface area contributed by atoms with Gasteiger partial charge in [-0.25, -0.2) is 4.79 Å². The minimum Gasteiger partial charge on any atom is -0.466 e.